The van der Waals surface area contributed by atoms with Crippen LogP contribution in [-0.4, -0.2) is 161 Å². The smallest absolute Gasteiger partial charge is 0.326 e. The second-order valence-electron chi connectivity index (χ2n) is 18.4. The van der Waals surface area contributed by atoms with Crippen LogP contribution >= 0.6 is 0 Å². The third kappa shape index (κ3) is 22.1. The number of nitrogens with two attached hydrogens (primary N) is 3. The van der Waals surface area contributed by atoms with Crippen LogP contribution in [0.3, 0.4) is 0 Å². The molecule has 26 heteroatoms. The molecule has 1 aromatic rings. The van der Waals surface area contributed by atoms with Crippen molar-refractivity contribution < 1.29 is 68.1 Å². The summed E-state index contributed by atoms with van der Waals surface area (Å²) < 4.78 is 0. The number of carbonyl (C=O) groups is 11. The van der Waals surface area contributed by atoms with Crippen LogP contribution in [0, 0.1) is 17.8 Å². The van der Waals surface area contributed by atoms with Crippen molar-refractivity contribution >= 4 is 65.0 Å². The summed E-state index contributed by atoms with van der Waals surface area (Å²) in [5, 5.41) is 52.2. The summed E-state index contributed by atoms with van der Waals surface area (Å²) in [6, 6.07) is -3.54. The van der Waals surface area contributed by atoms with Crippen LogP contribution in [0.15, 0.2) is 30.3 Å². The van der Waals surface area contributed by atoms with Gasteiger partial charge in [0, 0.05) is 6.42 Å². The fourth-order valence-electron chi connectivity index (χ4n) is 6.91. The van der Waals surface area contributed by atoms with Crippen molar-refractivity contribution in [3.05, 3.63) is 35.9 Å². The molecule has 26 nitrogen and oxygen atoms in total. The molecule has 0 heterocycles. The first-order valence-electron chi connectivity index (χ1n) is 23.6. The van der Waals surface area contributed by atoms with Crippen LogP contribution in [0.25, 0.3) is 0 Å². The monoisotopic (exact) mass is 1020 g/mol. The summed E-state index contributed by atoms with van der Waals surface area (Å²) in [4.78, 5) is 144. The van der Waals surface area contributed by atoms with Gasteiger partial charge in [0.1, 0.15) is 48.3 Å². The Bertz CT molecular complexity index is 2020. The molecule has 0 radical (unpaired) electrons. The van der Waals surface area contributed by atoms with Gasteiger partial charge in [-0.1, -0.05) is 71.9 Å². The highest BCUT2D eigenvalue weighted by Crippen LogP contribution is 2.11. The molecule has 0 unspecified atom stereocenters. The Balaban J connectivity index is 3.31. The second-order valence-corrected chi connectivity index (χ2v) is 18.4. The number of benzene rings is 1. The molecule has 72 heavy (non-hydrogen) atoms. The molecule has 0 saturated heterocycles. The second kappa shape index (κ2) is 31.5. The highest BCUT2D eigenvalue weighted by molar-refractivity contribution is 5.99. The van der Waals surface area contributed by atoms with Crippen molar-refractivity contribution in [1.29, 1.82) is 0 Å². The minimum atomic E-state index is -1.77. The molecule has 0 aliphatic rings. The van der Waals surface area contributed by atoms with Crippen molar-refractivity contribution in [2.24, 2.45) is 35.0 Å². The van der Waals surface area contributed by atoms with E-state index < -0.39 is 163 Å². The zero-order chi connectivity index (χ0) is 55.0. The van der Waals surface area contributed by atoms with Gasteiger partial charge in [0.2, 0.25) is 59.1 Å². The Hall–Kier alpha value is -6.77. The van der Waals surface area contributed by atoms with Gasteiger partial charge in [-0.05, 0) is 63.0 Å². The highest BCUT2D eigenvalue weighted by atomic mass is 16.4. The van der Waals surface area contributed by atoms with Crippen LogP contribution in [0.5, 0.6) is 0 Å². The van der Waals surface area contributed by atoms with E-state index in [1.165, 1.54) is 6.92 Å². The van der Waals surface area contributed by atoms with Crippen molar-refractivity contribution in [3.63, 3.8) is 0 Å². The van der Waals surface area contributed by atoms with Gasteiger partial charge in [-0.15, -0.1) is 0 Å². The van der Waals surface area contributed by atoms with Crippen LogP contribution in [0.4, 0.5) is 0 Å². The molecule has 1 aromatic carbocycles. The lowest BCUT2D eigenvalue weighted by Gasteiger charge is -2.29. The number of aliphatic carboxylic acids is 1. The maximum absolute atomic E-state index is 14.0. The molecule has 10 atom stereocenters. The Kier molecular flexibility index (Phi) is 27.7. The number of aliphatic hydroxyl groups is 2. The number of carbonyl (C=O) groups excluding carboxylic acids is 10. The Morgan fingerprint density at radius 1 is 0.500 bits per heavy atom. The third-order valence-electron chi connectivity index (χ3n) is 11.0. The fourth-order valence-corrected chi connectivity index (χ4v) is 6.91. The predicted octanol–water partition coefficient (Wildman–Crippen LogP) is -5.00. The van der Waals surface area contributed by atoms with Crippen LogP contribution in [0.1, 0.15) is 86.6 Å². The Morgan fingerprint density at radius 3 is 1.42 bits per heavy atom. The predicted molar refractivity (Wildman–Crippen MR) is 260 cm³/mol. The van der Waals surface area contributed by atoms with E-state index in [0.29, 0.717) is 24.9 Å². The number of carboxylic acids is 1. The maximum atomic E-state index is 14.0. The zero-order valence-electron chi connectivity index (χ0n) is 42.1. The number of rotatable bonds is 32. The SMILES string of the molecule is CC(C)[C@H](NC(=O)[C@@H](NC(=O)[C@@H](NC(=O)CNC(=O)[C@H](CC(N)=O)NC(=O)[C@H](Cc1ccccc1)NC(=O)[C@@H](NC(=O)[C@@H](NC(=O)[C@H](CCCCN)NC(=O)CN)C(C)C)[C@@H](C)O)[C@@H](C)O)C(C)C)C(=O)O. The molecule has 0 aliphatic heterocycles. The van der Waals surface area contributed by atoms with Gasteiger partial charge in [-0.25, -0.2) is 4.79 Å². The lowest BCUT2D eigenvalue weighted by Crippen LogP contribution is -2.62. The molecule has 0 aliphatic carbocycles. The largest absolute Gasteiger partial charge is 0.480 e. The molecule has 0 spiro atoms. The average Bonchev–Trinajstić information content (AvgIpc) is 3.29. The van der Waals surface area contributed by atoms with Crippen molar-refractivity contribution in [3.8, 4) is 0 Å². The van der Waals surface area contributed by atoms with Crippen molar-refractivity contribution in [2.75, 3.05) is 19.6 Å². The van der Waals surface area contributed by atoms with E-state index in [9.17, 15) is 68.1 Å². The minimum absolute atomic E-state index is 0.175. The molecule has 18 N–H and O–H groups in total. The molecule has 0 bridgehead atoms. The summed E-state index contributed by atoms with van der Waals surface area (Å²) in [5.41, 5.74) is 16.9. The van der Waals surface area contributed by atoms with Gasteiger partial charge < -0.3 is 80.4 Å². The first kappa shape index (κ1) is 63.2. The number of carboxylic acid groups (broad SMARTS) is 1. The number of amides is 10. The molecular formula is C46H76N12O14. The number of hydrogen-bond acceptors (Lipinski definition) is 15. The van der Waals surface area contributed by atoms with Crippen LogP contribution < -0.4 is 65.1 Å². The first-order valence-corrected chi connectivity index (χ1v) is 23.6. The zero-order valence-corrected chi connectivity index (χ0v) is 42.1. The summed E-state index contributed by atoms with van der Waals surface area (Å²) in [6.07, 6.45) is -3.04. The lowest BCUT2D eigenvalue weighted by atomic mass is 9.99. The first-order chi connectivity index (χ1) is 33.6. The van der Waals surface area contributed by atoms with E-state index in [4.69, 9.17) is 17.2 Å². The van der Waals surface area contributed by atoms with Gasteiger partial charge in [0.25, 0.3) is 0 Å². The fraction of sp³-hybridized carbons (Fsp3) is 0.630. The van der Waals surface area contributed by atoms with E-state index in [1.807, 2.05) is 0 Å². The maximum Gasteiger partial charge on any atom is 0.326 e. The molecule has 1 rings (SSSR count). The number of aliphatic hydroxyl groups excluding tert-OH is 2. The summed E-state index contributed by atoms with van der Waals surface area (Å²) in [7, 11) is 0. The quantitative estimate of drug-likeness (QED) is 0.0301. The summed E-state index contributed by atoms with van der Waals surface area (Å²) in [5.74, 6) is -12.5. The topological polar surface area (TPSA) is 435 Å². The summed E-state index contributed by atoms with van der Waals surface area (Å²) >= 11 is 0. The van der Waals surface area contributed by atoms with E-state index in [0.717, 1.165) is 6.92 Å². The highest BCUT2D eigenvalue weighted by Gasteiger charge is 2.37. The van der Waals surface area contributed by atoms with E-state index in [1.54, 1.807) is 71.9 Å². The van der Waals surface area contributed by atoms with E-state index in [2.05, 4.69) is 47.9 Å². The van der Waals surface area contributed by atoms with Gasteiger partial charge in [-0.2, -0.15) is 0 Å². The van der Waals surface area contributed by atoms with Crippen molar-refractivity contribution in [1.82, 2.24) is 47.9 Å². The Labute approximate surface area is 418 Å². The van der Waals surface area contributed by atoms with E-state index in [-0.39, 0.29) is 12.8 Å². The van der Waals surface area contributed by atoms with Gasteiger partial charge in [0.05, 0.1) is 31.7 Å². The van der Waals surface area contributed by atoms with Crippen LogP contribution in [-0.2, 0) is 59.2 Å². The Morgan fingerprint density at radius 2 is 0.944 bits per heavy atom. The molecule has 0 saturated carbocycles. The lowest BCUT2D eigenvalue weighted by molar-refractivity contribution is -0.144. The number of primary amides is 1. The standard InChI is InChI=1S/C46H76N12O14/c1-22(2)34(55-40(65)28(16-12-13-17-47)51-32(62)20-48)43(68)58-38(26(8)60)44(69)53-29(18-27-14-10-9-11-15-27)41(66)52-30(19-31(49)61)39(64)50-21-33(63)54-37(25(7)59)45(70)56-35(23(3)4)42(67)57-36(24(5)6)46(71)72/h9-11,14-15,22-26,28-30,34-38,59-60H,12-13,16-21,47-48H2,1-8H3,(H2,49,61)(H,50,64)(H,51,62)(H,52,66)(H,53,69)(H,54,63)(H,55,65)(H,56,70)(H,57,67)(H,58,68)(H,71,72)/t25-,26-,28+,29+,30+,34+,35+,36+,37+,38+/m1/s1. The normalized spacial score (nSPS) is 15.4. The number of nitrogens with one attached hydrogen (secondary N) is 9. The third-order valence-corrected chi connectivity index (χ3v) is 11.0. The average molecular weight is 1020 g/mol. The minimum Gasteiger partial charge on any atom is -0.480 e. The number of unbranched alkanes of at least 4 members (excludes halogenated alkanes) is 1. The van der Waals surface area contributed by atoms with E-state index >= 15 is 0 Å². The van der Waals surface area contributed by atoms with Gasteiger partial charge in [0.15, 0.2) is 0 Å². The molecule has 0 fully saturated rings. The van der Waals surface area contributed by atoms with Crippen LogP contribution in [0.2, 0.25) is 0 Å². The molecular weight excluding hydrogens is 945 g/mol. The molecule has 10 amide bonds. The summed E-state index contributed by atoms with van der Waals surface area (Å²) in [6.45, 7) is 10.9. The molecule has 404 valence electrons. The van der Waals surface area contributed by atoms with Gasteiger partial charge in [-0.3, -0.25) is 47.9 Å². The van der Waals surface area contributed by atoms with Crippen molar-refractivity contribution in [2.45, 2.75) is 148 Å². The number of hydrogen-bond donors (Lipinski definition) is 15. The van der Waals surface area contributed by atoms with Gasteiger partial charge >= 0.3 is 5.97 Å². The molecule has 0 aromatic heterocycles.